The van der Waals surface area contributed by atoms with Crippen molar-refractivity contribution in [3.8, 4) is 0 Å². The van der Waals surface area contributed by atoms with Crippen molar-refractivity contribution in [1.82, 2.24) is 5.32 Å². The van der Waals surface area contributed by atoms with Crippen LogP contribution in [-0.4, -0.2) is 11.5 Å². The van der Waals surface area contributed by atoms with Gasteiger partial charge in [-0.3, -0.25) is 5.32 Å². The molecule has 0 amide bonds. The second kappa shape index (κ2) is 5.19. The van der Waals surface area contributed by atoms with Gasteiger partial charge in [-0.05, 0) is 48.9 Å². The minimum atomic E-state index is 0.125. The topological polar surface area (TPSA) is 12.0 Å². The molecule has 0 saturated carbocycles. The van der Waals surface area contributed by atoms with E-state index in [2.05, 4.69) is 53.8 Å². The van der Waals surface area contributed by atoms with Crippen LogP contribution in [0.25, 0.3) is 0 Å². The predicted molar refractivity (Wildman–Crippen MR) is 86.7 cm³/mol. The van der Waals surface area contributed by atoms with Crippen LogP contribution in [0, 0.1) is 0 Å². The van der Waals surface area contributed by atoms with E-state index in [1.54, 1.807) is 4.99 Å². The Bertz CT molecular complexity index is 632. The third-order valence-corrected chi connectivity index (χ3v) is 6.68. The van der Waals surface area contributed by atoms with Gasteiger partial charge in [0.05, 0.1) is 0 Å². The van der Waals surface area contributed by atoms with Gasteiger partial charge in [-0.2, -0.15) is 0 Å². The lowest BCUT2D eigenvalue weighted by atomic mass is 10.0. The first-order valence-electron chi connectivity index (χ1n) is 7.43. The average molecular weight is 281 g/mol. The molecule has 4 rings (SSSR count). The number of hydrogen-bond donors (Lipinski definition) is 1. The van der Waals surface area contributed by atoms with E-state index >= 15 is 0 Å². The molecule has 0 unspecified atom stereocenters. The molecule has 1 nitrogen and oxygen atoms in total. The van der Waals surface area contributed by atoms with Crippen molar-refractivity contribution < 1.29 is 0 Å². The van der Waals surface area contributed by atoms with Crippen molar-refractivity contribution >= 4 is 15.5 Å². The van der Waals surface area contributed by atoms with Gasteiger partial charge in [0, 0.05) is 21.3 Å². The zero-order valence-electron chi connectivity index (χ0n) is 11.6. The Morgan fingerprint density at radius 3 is 2.05 bits per heavy atom. The summed E-state index contributed by atoms with van der Waals surface area (Å²) in [6.07, 6.45) is 4.95. The molecule has 2 aromatic carbocycles. The Morgan fingerprint density at radius 1 is 0.800 bits per heavy atom. The molecule has 2 heterocycles. The molecule has 2 aromatic rings. The maximum absolute atomic E-state index is 3.70. The Balaban J connectivity index is 1.97. The molecule has 1 saturated heterocycles. The first-order chi connectivity index (χ1) is 9.93. The molecule has 2 aliphatic rings. The molecule has 2 heteroatoms. The van der Waals surface area contributed by atoms with Crippen molar-refractivity contribution in [1.29, 1.82) is 0 Å². The van der Waals surface area contributed by atoms with E-state index in [9.17, 15) is 0 Å². The summed E-state index contributed by atoms with van der Waals surface area (Å²) >= 11 is 0. The summed E-state index contributed by atoms with van der Waals surface area (Å²) in [6, 6.07) is 18.0. The molecule has 0 aromatic heterocycles. The highest BCUT2D eigenvalue weighted by Gasteiger charge is 2.22. The van der Waals surface area contributed by atoms with Crippen molar-refractivity contribution in [2.24, 2.45) is 0 Å². The van der Waals surface area contributed by atoms with E-state index in [0.29, 0.717) is 0 Å². The predicted octanol–water partition coefficient (Wildman–Crippen LogP) is 4.18. The van der Waals surface area contributed by atoms with Gasteiger partial charge in [0.15, 0.2) is 0 Å². The van der Waals surface area contributed by atoms with E-state index in [1.165, 1.54) is 40.2 Å². The maximum Gasteiger partial charge on any atom is 0.0245 e. The van der Waals surface area contributed by atoms with Gasteiger partial charge in [0.25, 0.3) is 0 Å². The first-order valence-corrected chi connectivity index (χ1v) is 8.66. The Morgan fingerprint density at radius 2 is 1.45 bits per heavy atom. The number of benzene rings is 2. The number of rotatable bonds is 0. The molecule has 0 atom stereocenters. The minimum Gasteiger partial charge on any atom is -0.287 e. The molecule has 20 heavy (non-hydrogen) atoms. The summed E-state index contributed by atoms with van der Waals surface area (Å²) in [5.41, 5.74) is 3.02. The fourth-order valence-corrected chi connectivity index (χ4v) is 5.78. The summed E-state index contributed by atoms with van der Waals surface area (Å²) in [6.45, 7) is 1.14. The molecular weight excluding hydrogens is 262 g/mol. The first kappa shape index (κ1) is 12.4. The van der Waals surface area contributed by atoms with Crippen LogP contribution in [0.5, 0.6) is 0 Å². The second-order valence-corrected chi connectivity index (χ2v) is 7.49. The van der Waals surface area contributed by atoms with Crippen LogP contribution in [0.15, 0.2) is 58.3 Å². The van der Waals surface area contributed by atoms with Crippen molar-refractivity contribution in [2.75, 3.05) is 6.54 Å². The van der Waals surface area contributed by atoms with E-state index in [4.69, 9.17) is 0 Å². The lowest BCUT2D eigenvalue weighted by Crippen LogP contribution is -2.29. The maximum atomic E-state index is 3.70. The number of hydrogen-bond acceptors (Lipinski definition) is 0. The van der Waals surface area contributed by atoms with Gasteiger partial charge in [-0.15, -0.1) is 10.5 Å². The number of fused-ring (bicyclic) bond motifs is 2. The lowest BCUT2D eigenvalue weighted by Gasteiger charge is -2.28. The summed E-state index contributed by atoms with van der Waals surface area (Å²) in [4.78, 5) is 4.63. The van der Waals surface area contributed by atoms with Gasteiger partial charge in [-0.25, -0.2) is 0 Å². The Labute approximate surface area is 123 Å². The van der Waals surface area contributed by atoms with Crippen LogP contribution in [0.1, 0.15) is 30.4 Å². The summed E-state index contributed by atoms with van der Waals surface area (Å²) in [5, 5.41) is 3.70. The van der Waals surface area contributed by atoms with Crippen LogP contribution in [0.2, 0.25) is 0 Å². The third-order valence-electron chi connectivity index (χ3n) is 4.17. The monoisotopic (exact) mass is 281 g/mol. The van der Waals surface area contributed by atoms with Crippen LogP contribution >= 0.6 is 10.5 Å². The molecule has 102 valence electrons. The Hall–Kier alpha value is -1.38. The smallest absolute Gasteiger partial charge is 0.0245 e. The van der Waals surface area contributed by atoms with Crippen molar-refractivity contribution in [3.63, 3.8) is 0 Å². The number of nitrogens with one attached hydrogen (secondary N) is 1. The van der Waals surface area contributed by atoms with E-state index in [1.807, 2.05) is 0 Å². The SMILES string of the molecule is c1ccc2c(c1)Cc1ccccc1S2=C1CCCCN1. The molecular formula is C18H19NS. The molecule has 1 fully saturated rings. The van der Waals surface area contributed by atoms with Crippen molar-refractivity contribution in [3.05, 3.63) is 59.7 Å². The molecule has 0 spiro atoms. The van der Waals surface area contributed by atoms with Crippen LogP contribution < -0.4 is 5.32 Å². The molecule has 1 N–H and O–H groups in total. The second-order valence-electron chi connectivity index (χ2n) is 5.51. The van der Waals surface area contributed by atoms with Gasteiger partial charge >= 0.3 is 0 Å². The van der Waals surface area contributed by atoms with Crippen LogP contribution in [0.3, 0.4) is 0 Å². The van der Waals surface area contributed by atoms with Crippen LogP contribution in [0.4, 0.5) is 0 Å². The third kappa shape index (κ3) is 2.04. The Kier molecular flexibility index (Phi) is 3.21. The normalized spacial score (nSPS) is 18.5. The van der Waals surface area contributed by atoms with E-state index in [0.717, 1.165) is 13.0 Å². The molecule has 0 radical (unpaired) electrons. The van der Waals surface area contributed by atoms with E-state index in [-0.39, 0.29) is 10.5 Å². The van der Waals surface area contributed by atoms with Crippen LogP contribution in [-0.2, 0) is 6.42 Å². The average Bonchev–Trinajstić information content (AvgIpc) is 2.53. The van der Waals surface area contributed by atoms with Crippen molar-refractivity contribution in [2.45, 2.75) is 35.5 Å². The summed E-state index contributed by atoms with van der Waals surface area (Å²) in [7, 11) is 0.125. The highest BCUT2D eigenvalue weighted by molar-refractivity contribution is 8.16. The molecule has 0 aliphatic carbocycles. The lowest BCUT2D eigenvalue weighted by molar-refractivity contribution is 0.679. The summed E-state index contributed by atoms with van der Waals surface area (Å²) < 4.78 is 0. The quantitative estimate of drug-likeness (QED) is 0.610. The fourth-order valence-electron chi connectivity index (χ4n) is 3.19. The zero-order chi connectivity index (χ0) is 13.4. The highest BCUT2D eigenvalue weighted by Crippen LogP contribution is 2.46. The highest BCUT2D eigenvalue weighted by atomic mass is 32.2. The number of piperidine rings is 1. The van der Waals surface area contributed by atoms with Gasteiger partial charge in [-0.1, -0.05) is 36.4 Å². The van der Waals surface area contributed by atoms with Gasteiger partial charge in [0.2, 0.25) is 0 Å². The molecule has 2 aliphatic heterocycles. The van der Waals surface area contributed by atoms with Gasteiger partial charge in [0.1, 0.15) is 0 Å². The fraction of sp³-hybridized carbons (Fsp3) is 0.278. The summed E-state index contributed by atoms with van der Waals surface area (Å²) in [5.74, 6) is 0. The zero-order valence-corrected chi connectivity index (χ0v) is 12.4. The largest absolute Gasteiger partial charge is 0.287 e. The minimum absolute atomic E-state index is 0.125. The van der Waals surface area contributed by atoms with Gasteiger partial charge < -0.3 is 0 Å². The van der Waals surface area contributed by atoms with E-state index < -0.39 is 0 Å². The molecule has 0 bridgehead atoms. The standard InChI is InChI=1S/C18H19NS/c1-3-9-16-14(7-1)13-15-8-2-4-10-17(15)20(16)18-11-5-6-12-19-18/h1-4,7-10,19H,5-6,11-13H2.